The summed E-state index contributed by atoms with van der Waals surface area (Å²) in [4.78, 5) is 25.3. The minimum atomic E-state index is -0.373. The van der Waals surface area contributed by atoms with Crippen LogP contribution in [0.2, 0.25) is 0 Å². The van der Waals surface area contributed by atoms with Crippen LogP contribution in [0, 0.1) is 5.41 Å². The molecule has 1 aliphatic heterocycles. The van der Waals surface area contributed by atoms with Crippen molar-refractivity contribution in [1.29, 1.82) is 0 Å². The predicted octanol–water partition coefficient (Wildman–Crippen LogP) is 2.48. The number of benzene rings is 1. The molecule has 1 heterocycles. The highest BCUT2D eigenvalue weighted by Crippen LogP contribution is 2.21. The summed E-state index contributed by atoms with van der Waals surface area (Å²) in [7, 11) is 0. The lowest BCUT2D eigenvalue weighted by atomic mass is 9.95. The molecule has 1 aromatic rings. The molecule has 1 saturated heterocycles. The second-order valence-corrected chi connectivity index (χ2v) is 6.25. The molecule has 0 bridgehead atoms. The number of nitrogens with zero attached hydrogens (tertiary/aromatic N) is 1. The summed E-state index contributed by atoms with van der Waals surface area (Å²) in [6, 6.07) is 7.82. The number of carbonyl (C=O) groups is 2. The Morgan fingerprint density at radius 2 is 1.90 bits per heavy atom. The number of carbonyl (C=O) groups excluding carboxylic acids is 2. The molecule has 1 N–H and O–H groups in total. The van der Waals surface area contributed by atoms with E-state index in [1.807, 2.05) is 49.9 Å². The zero-order chi connectivity index (χ0) is 14.8. The lowest BCUT2D eigenvalue weighted by Crippen LogP contribution is -2.34. The minimum Gasteiger partial charge on any atom is -0.352 e. The van der Waals surface area contributed by atoms with Gasteiger partial charge in [0.15, 0.2) is 0 Å². The molecule has 0 spiro atoms. The zero-order valence-corrected chi connectivity index (χ0v) is 12.4. The van der Waals surface area contributed by atoms with Gasteiger partial charge in [-0.25, -0.2) is 0 Å². The molecule has 0 aromatic heterocycles. The van der Waals surface area contributed by atoms with Crippen LogP contribution in [0.15, 0.2) is 24.3 Å². The lowest BCUT2D eigenvalue weighted by Gasteiger charge is -2.18. The van der Waals surface area contributed by atoms with E-state index in [9.17, 15) is 9.59 Å². The molecular weight excluding hydrogens is 252 g/mol. The van der Waals surface area contributed by atoms with Gasteiger partial charge in [-0.1, -0.05) is 32.9 Å². The first-order valence-electron chi connectivity index (χ1n) is 7.05. The normalized spacial score (nSPS) is 15.6. The molecule has 1 aliphatic rings. The number of rotatable bonds is 3. The van der Waals surface area contributed by atoms with Gasteiger partial charge < -0.3 is 10.2 Å². The maximum Gasteiger partial charge on any atom is 0.227 e. The number of hydrogen-bond acceptors (Lipinski definition) is 2. The van der Waals surface area contributed by atoms with Gasteiger partial charge in [-0.15, -0.1) is 0 Å². The molecular formula is C16H22N2O2. The van der Waals surface area contributed by atoms with E-state index in [1.54, 1.807) is 0 Å². The molecule has 0 radical (unpaired) electrons. The van der Waals surface area contributed by atoms with E-state index >= 15 is 0 Å². The van der Waals surface area contributed by atoms with Crippen LogP contribution < -0.4 is 10.2 Å². The average molecular weight is 274 g/mol. The molecule has 1 aromatic carbocycles. The lowest BCUT2D eigenvalue weighted by molar-refractivity contribution is -0.128. The summed E-state index contributed by atoms with van der Waals surface area (Å²) in [5, 5.41) is 2.92. The summed E-state index contributed by atoms with van der Waals surface area (Å²) >= 11 is 0. The number of amides is 2. The highest BCUT2D eigenvalue weighted by atomic mass is 16.2. The van der Waals surface area contributed by atoms with Crippen LogP contribution >= 0.6 is 0 Å². The zero-order valence-electron chi connectivity index (χ0n) is 12.4. The Hall–Kier alpha value is -1.84. The Bertz CT molecular complexity index is 500. The highest BCUT2D eigenvalue weighted by Gasteiger charge is 2.22. The van der Waals surface area contributed by atoms with E-state index in [0.29, 0.717) is 13.0 Å². The first-order valence-corrected chi connectivity index (χ1v) is 7.05. The fourth-order valence-electron chi connectivity index (χ4n) is 2.16. The van der Waals surface area contributed by atoms with Gasteiger partial charge in [0.25, 0.3) is 0 Å². The minimum absolute atomic E-state index is 0.0382. The first kappa shape index (κ1) is 14.6. The van der Waals surface area contributed by atoms with Gasteiger partial charge in [-0.05, 0) is 24.1 Å². The van der Waals surface area contributed by atoms with Gasteiger partial charge >= 0.3 is 0 Å². The summed E-state index contributed by atoms with van der Waals surface area (Å²) in [6.07, 6.45) is 1.58. The highest BCUT2D eigenvalue weighted by molar-refractivity contribution is 5.95. The third-order valence-electron chi connectivity index (χ3n) is 3.46. The number of hydrogen-bond donors (Lipinski definition) is 1. The second kappa shape index (κ2) is 5.65. The fourth-order valence-corrected chi connectivity index (χ4v) is 2.16. The molecule has 20 heavy (non-hydrogen) atoms. The van der Waals surface area contributed by atoms with Crippen LogP contribution in [0.1, 0.15) is 39.2 Å². The van der Waals surface area contributed by atoms with E-state index in [4.69, 9.17) is 0 Å². The van der Waals surface area contributed by atoms with Crippen molar-refractivity contribution in [2.24, 2.45) is 5.41 Å². The van der Waals surface area contributed by atoms with Crippen molar-refractivity contribution in [1.82, 2.24) is 5.32 Å². The largest absolute Gasteiger partial charge is 0.352 e. The van der Waals surface area contributed by atoms with Crippen molar-refractivity contribution in [3.05, 3.63) is 29.8 Å². The van der Waals surface area contributed by atoms with Crippen LogP contribution in [0.3, 0.4) is 0 Å². The molecule has 1 fully saturated rings. The van der Waals surface area contributed by atoms with Gasteiger partial charge in [-0.3, -0.25) is 9.59 Å². The maximum absolute atomic E-state index is 11.8. The van der Waals surface area contributed by atoms with Crippen molar-refractivity contribution < 1.29 is 9.59 Å². The third kappa shape index (κ3) is 3.38. The van der Waals surface area contributed by atoms with E-state index in [2.05, 4.69) is 5.32 Å². The Balaban J connectivity index is 1.95. The third-order valence-corrected chi connectivity index (χ3v) is 3.46. The van der Waals surface area contributed by atoms with Gasteiger partial charge in [0, 0.05) is 30.6 Å². The summed E-state index contributed by atoms with van der Waals surface area (Å²) < 4.78 is 0. The van der Waals surface area contributed by atoms with Crippen LogP contribution in [-0.2, 0) is 16.1 Å². The van der Waals surface area contributed by atoms with Gasteiger partial charge in [0.05, 0.1) is 0 Å². The fraction of sp³-hybridized carbons (Fsp3) is 0.500. The Morgan fingerprint density at radius 1 is 1.25 bits per heavy atom. The maximum atomic E-state index is 11.8. The van der Waals surface area contributed by atoms with Crippen molar-refractivity contribution in [2.75, 3.05) is 11.4 Å². The Kier molecular flexibility index (Phi) is 4.12. The second-order valence-electron chi connectivity index (χ2n) is 6.25. The average Bonchev–Trinajstić information content (AvgIpc) is 2.82. The summed E-state index contributed by atoms with van der Waals surface area (Å²) in [5.74, 6) is 0.232. The topological polar surface area (TPSA) is 49.4 Å². The van der Waals surface area contributed by atoms with Crippen LogP contribution in [-0.4, -0.2) is 18.4 Å². The quantitative estimate of drug-likeness (QED) is 0.920. The smallest absolute Gasteiger partial charge is 0.227 e. The molecule has 0 saturated carbocycles. The molecule has 4 heteroatoms. The van der Waals surface area contributed by atoms with Gasteiger partial charge in [-0.2, -0.15) is 0 Å². The number of nitrogens with one attached hydrogen (secondary N) is 1. The SMILES string of the molecule is CC(C)(C)C(=O)NCc1ccc(N2CCCC2=O)cc1. The molecule has 4 nitrogen and oxygen atoms in total. The molecule has 0 atom stereocenters. The molecule has 108 valence electrons. The van der Waals surface area contributed by atoms with Crippen molar-refractivity contribution in [3.8, 4) is 0 Å². The predicted molar refractivity (Wildman–Crippen MR) is 79.3 cm³/mol. The summed E-state index contributed by atoms with van der Waals surface area (Å²) in [5.41, 5.74) is 1.61. The van der Waals surface area contributed by atoms with Crippen molar-refractivity contribution >= 4 is 17.5 Å². The standard InChI is InChI=1S/C16H22N2O2/c1-16(2,3)15(20)17-11-12-6-8-13(9-7-12)18-10-4-5-14(18)19/h6-9H,4-5,10-11H2,1-3H3,(H,17,20). The van der Waals surface area contributed by atoms with E-state index in [1.165, 1.54) is 0 Å². The van der Waals surface area contributed by atoms with Crippen LogP contribution in [0.5, 0.6) is 0 Å². The van der Waals surface area contributed by atoms with Crippen molar-refractivity contribution in [3.63, 3.8) is 0 Å². The van der Waals surface area contributed by atoms with Crippen LogP contribution in [0.25, 0.3) is 0 Å². The van der Waals surface area contributed by atoms with Gasteiger partial charge in [0.2, 0.25) is 11.8 Å². The number of anilines is 1. The van der Waals surface area contributed by atoms with E-state index in [-0.39, 0.29) is 17.2 Å². The Morgan fingerprint density at radius 3 is 2.40 bits per heavy atom. The van der Waals surface area contributed by atoms with Crippen LogP contribution in [0.4, 0.5) is 5.69 Å². The van der Waals surface area contributed by atoms with E-state index < -0.39 is 0 Å². The molecule has 2 rings (SSSR count). The van der Waals surface area contributed by atoms with E-state index in [0.717, 1.165) is 24.2 Å². The molecule has 0 aliphatic carbocycles. The Labute approximate surface area is 120 Å². The molecule has 0 unspecified atom stereocenters. The first-order chi connectivity index (χ1) is 9.38. The van der Waals surface area contributed by atoms with Gasteiger partial charge in [0.1, 0.15) is 0 Å². The van der Waals surface area contributed by atoms with Crippen molar-refractivity contribution in [2.45, 2.75) is 40.2 Å². The molecule has 2 amide bonds. The summed E-state index contributed by atoms with van der Waals surface area (Å²) in [6.45, 7) is 7.00. The monoisotopic (exact) mass is 274 g/mol.